The lowest BCUT2D eigenvalue weighted by atomic mass is 10.0. The Bertz CT molecular complexity index is 431. The van der Waals surface area contributed by atoms with Crippen LogP contribution in [-0.4, -0.2) is 15.2 Å². The molecule has 1 heterocycles. The molecular weight excluding hydrogens is 164 g/mol. The first-order chi connectivity index (χ1) is 6.18. The summed E-state index contributed by atoms with van der Waals surface area (Å²) in [5, 5.41) is 14.1. The zero-order chi connectivity index (χ0) is 9.42. The third-order valence-corrected chi connectivity index (χ3v) is 2.24. The summed E-state index contributed by atoms with van der Waals surface area (Å²) in [7, 11) is 0. The lowest BCUT2D eigenvalue weighted by Crippen LogP contribution is -1.92. The second-order valence-corrected chi connectivity index (χ2v) is 3.51. The van der Waals surface area contributed by atoms with Gasteiger partial charge >= 0.3 is 0 Å². The standard InChI is InChI=1S/C10H12N2O/c1-7(2)8-3-4-9-6-11-12(13)10(9)5-8/h3-7,13H,1-2H3. The molecule has 0 saturated heterocycles. The van der Waals surface area contributed by atoms with E-state index in [1.807, 2.05) is 12.1 Å². The minimum atomic E-state index is 0.472. The van der Waals surface area contributed by atoms with E-state index in [4.69, 9.17) is 0 Å². The molecule has 0 amide bonds. The third kappa shape index (κ3) is 1.26. The Labute approximate surface area is 76.6 Å². The summed E-state index contributed by atoms with van der Waals surface area (Å²) in [6.07, 6.45) is 1.65. The lowest BCUT2D eigenvalue weighted by molar-refractivity contribution is 0.161. The molecule has 0 fully saturated rings. The van der Waals surface area contributed by atoms with E-state index in [9.17, 15) is 5.21 Å². The Balaban J connectivity index is 2.66. The fourth-order valence-electron chi connectivity index (χ4n) is 1.38. The first-order valence-electron chi connectivity index (χ1n) is 4.35. The van der Waals surface area contributed by atoms with Crippen molar-refractivity contribution in [1.29, 1.82) is 0 Å². The van der Waals surface area contributed by atoms with Gasteiger partial charge in [0.05, 0.1) is 6.20 Å². The molecule has 0 radical (unpaired) electrons. The van der Waals surface area contributed by atoms with Gasteiger partial charge in [-0.05, 0) is 17.5 Å². The molecule has 0 aliphatic rings. The van der Waals surface area contributed by atoms with Crippen LogP contribution < -0.4 is 0 Å². The topological polar surface area (TPSA) is 38.0 Å². The monoisotopic (exact) mass is 176 g/mol. The molecule has 3 heteroatoms. The Hall–Kier alpha value is -1.51. The fourth-order valence-corrected chi connectivity index (χ4v) is 1.38. The van der Waals surface area contributed by atoms with Crippen LogP contribution in [0.3, 0.4) is 0 Å². The fraction of sp³-hybridized carbons (Fsp3) is 0.300. The molecule has 0 aliphatic carbocycles. The van der Waals surface area contributed by atoms with Crippen LogP contribution in [0.15, 0.2) is 24.4 Å². The molecule has 1 N–H and O–H groups in total. The van der Waals surface area contributed by atoms with E-state index in [2.05, 4.69) is 25.0 Å². The van der Waals surface area contributed by atoms with Crippen molar-refractivity contribution in [2.45, 2.75) is 19.8 Å². The van der Waals surface area contributed by atoms with E-state index < -0.39 is 0 Å². The van der Waals surface area contributed by atoms with Crippen molar-refractivity contribution < 1.29 is 5.21 Å². The molecule has 68 valence electrons. The van der Waals surface area contributed by atoms with E-state index in [-0.39, 0.29) is 0 Å². The predicted octanol–water partition coefficient (Wildman–Crippen LogP) is 2.40. The van der Waals surface area contributed by atoms with Crippen LogP contribution in [0, 0.1) is 0 Å². The maximum atomic E-state index is 9.32. The quantitative estimate of drug-likeness (QED) is 0.677. The summed E-state index contributed by atoms with van der Waals surface area (Å²) in [5.41, 5.74) is 1.98. The second kappa shape index (κ2) is 2.76. The van der Waals surface area contributed by atoms with E-state index >= 15 is 0 Å². The summed E-state index contributed by atoms with van der Waals surface area (Å²) in [6, 6.07) is 6.01. The first kappa shape index (κ1) is 8.10. The van der Waals surface area contributed by atoms with Crippen molar-refractivity contribution in [3.8, 4) is 0 Å². The van der Waals surface area contributed by atoms with Crippen LogP contribution in [0.2, 0.25) is 0 Å². The molecule has 0 bridgehead atoms. The van der Waals surface area contributed by atoms with E-state index in [1.165, 1.54) is 5.56 Å². The number of nitrogens with zero attached hydrogens (tertiary/aromatic N) is 2. The van der Waals surface area contributed by atoms with Gasteiger partial charge in [0.15, 0.2) is 0 Å². The van der Waals surface area contributed by atoms with Crippen LogP contribution in [0.4, 0.5) is 0 Å². The van der Waals surface area contributed by atoms with Gasteiger partial charge in [-0.3, -0.25) is 0 Å². The Morgan fingerprint density at radius 3 is 2.85 bits per heavy atom. The predicted molar refractivity (Wildman–Crippen MR) is 51.0 cm³/mol. The van der Waals surface area contributed by atoms with Gasteiger partial charge < -0.3 is 5.21 Å². The van der Waals surface area contributed by atoms with Crippen molar-refractivity contribution in [2.75, 3.05) is 0 Å². The number of aromatic nitrogens is 2. The van der Waals surface area contributed by atoms with Gasteiger partial charge in [-0.2, -0.15) is 0 Å². The molecule has 2 aromatic rings. The summed E-state index contributed by atoms with van der Waals surface area (Å²) in [6.45, 7) is 4.25. The smallest absolute Gasteiger partial charge is 0.110 e. The summed E-state index contributed by atoms with van der Waals surface area (Å²) < 4.78 is 0. The van der Waals surface area contributed by atoms with E-state index in [1.54, 1.807) is 6.20 Å². The third-order valence-electron chi connectivity index (χ3n) is 2.24. The first-order valence-corrected chi connectivity index (χ1v) is 4.35. The molecule has 0 saturated carbocycles. The van der Waals surface area contributed by atoms with Gasteiger partial charge in [-0.15, -0.1) is 9.94 Å². The van der Waals surface area contributed by atoms with Crippen LogP contribution in [0.5, 0.6) is 0 Å². The van der Waals surface area contributed by atoms with Crippen molar-refractivity contribution in [3.63, 3.8) is 0 Å². The molecule has 13 heavy (non-hydrogen) atoms. The average Bonchev–Trinajstić information content (AvgIpc) is 2.47. The Kier molecular flexibility index (Phi) is 1.72. The minimum absolute atomic E-state index is 0.472. The van der Waals surface area contributed by atoms with Crippen LogP contribution in [-0.2, 0) is 0 Å². The molecule has 0 spiro atoms. The van der Waals surface area contributed by atoms with Crippen molar-refractivity contribution in [3.05, 3.63) is 30.0 Å². The highest BCUT2D eigenvalue weighted by molar-refractivity contribution is 5.79. The van der Waals surface area contributed by atoms with Gasteiger partial charge in [0.1, 0.15) is 5.52 Å². The highest BCUT2D eigenvalue weighted by Gasteiger charge is 2.04. The van der Waals surface area contributed by atoms with Crippen LogP contribution in [0.25, 0.3) is 10.9 Å². The van der Waals surface area contributed by atoms with E-state index in [0.29, 0.717) is 5.92 Å². The molecule has 1 aromatic heterocycles. The molecule has 1 aromatic carbocycles. The highest BCUT2D eigenvalue weighted by atomic mass is 16.5. The maximum absolute atomic E-state index is 9.32. The maximum Gasteiger partial charge on any atom is 0.110 e. The normalized spacial score (nSPS) is 11.3. The summed E-state index contributed by atoms with van der Waals surface area (Å²) in [5.74, 6) is 0.472. The largest absolute Gasteiger partial charge is 0.411 e. The Morgan fingerprint density at radius 2 is 2.15 bits per heavy atom. The van der Waals surface area contributed by atoms with Gasteiger partial charge in [0, 0.05) is 5.39 Å². The number of hydrogen-bond acceptors (Lipinski definition) is 2. The van der Waals surface area contributed by atoms with E-state index in [0.717, 1.165) is 15.7 Å². The molecule has 3 nitrogen and oxygen atoms in total. The number of fused-ring (bicyclic) bond motifs is 1. The molecular formula is C10H12N2O. The molecule has 0 aliphatic heterocycles. The van der Waals surface area contributed by atoms with Crippen LogP contribution >= 0.6 is 0 Å². The molecule has 0 unspecified atom stereocenters. The number of benzene rings is 1. The van der Waals surface area contributed by atoms with Gasteiger partial charge in [-0.25, -0.2) is 0 Å². The summed E-state index contributed by atoms with van der Waals surface area (Å²) in [4.78, 5) is 0.918. The SMILES string of the molecule is CC(C)c1ccc2cnn(O)c2c1. The van der Waals surface area contributed by atoms with Crippen molar-refractivity contribution in [1.82, 2.24) is 9.94 Å². The van der Waals surface area contributed by atoms with Crippen molar-refractivity contribution >= 4 is 10.9 Å². The zero-order valence-corrected chi connectivity index (χ0v) is 7.73. The zero-order valence-electron chi connectivity index (χ0n) is 7.73. The van der Waals surface area contributed by atoms with Crippen molar-refractivity contribution in [2.24, 2.45) is 0 Å². The number of hydrogen-bond donors (Lipinski definition) is 1. The minimum Gasteiger partial charge on any atom is -0.411 e. The van der Waals surface area contributed by atoms with Gasteiger partial charge in [0.25, 0.3) is 0 Å². The second-order valence-electron chi connectivity index (χ2n) is 3.51. The lowest BCUT2D eigenvalue weighted by Gasteiger charge is -2.04. The van der Waals surface area contributed by atoms with Gasteiger partial charge in [0.2, 0.25) is 0 Å². The molecule has 2 rings (SSSR count). The Morgan fingerprint density at radius 1 is 1.38 bits per heavy atom. The number of rotatable bonds is 1. The summed E-state index contributed by atoms with van der Waals surface area (Å²) >= 11 is 0. The van der Waals surface area contributed by atoms with Gasteiger partial charge in [-0.1, -0.05) is 26.0 Å². The highest BCUT2D eigenvalue weighted by Crippen LogP contribution is 2.20. The molecule has 0 atom stereocenters. The average molecular weight is 176 g/mol. The van der Waals surface area contributed by atoms with Crippen LogP contribution in [0.1, 0.15) is 25.3 Å².